The SMILES string of the molecule is C[C@@H](C(=O)NO)N(Cc1ccccc1[N+](=O)[O-])C(=S)NC(=O)c1ccccc1. The monoisotopic (exact) mass is 402 g/mol. The first-order chi connectivity index (χ1) is 13.3. The number of amides is 2. The number of carbonyl (C=O) groups is 2. The Morgan fingerprint density at radius 3 is 2.39 bits per heavy atom. The molecule has 2 rings (SSSR count). The first-order valence-electron chi connectivity index (χ1n) is 8.18. The number of hydroxylamine groups is 1. The smallest absolute Gasteiger partial charge is 0.274 e. The molecule has 0 aliphatic carbocycles. The minimum absolute atomic E-state index is 0.108. The lowest BCUT2D eigenvalue weighted by Gasteiger charge is -2.30. The van der Waals surface area contributed by atoms with Crippen LogP contribution >= 0.6 is 12.2 Å². The number of hydrogen-bond donors (Lipinski definition) is 3. The summed E-state index contributed by atoms with van der Waals surface area (Å²) in [6.45, 7) is 1.32. The molecule has 0 spiro atoms. The van der Waals surface area contributed by atoms with Gasteiger partial charge in [0, 0.05) is 17.2 Å². The molecule has 2 aromatic rings. The van der Waals surface area contributed by atoms with Gasteiger partial charge >= 0.3 is 0 Å². The lowest BCUT2D eigenvalue weighted by molar-refractivity contribution is -0.385. The minimum Gasteiger partial charge on any atom is -0.333 e. The fraction of sp³-hybridized carbons (Fsp3) is 0.167. The Bertz CT molecular complexity index is 891. The van der Waals surface area contributed by atoms with Crippen molar-refractivity contribution in [1.29, 1.82) is 0 Å². The molecule has 0 aliphatic rings. The van der Waals surface area contributed by atoms with Gasteiger partial charge in [-0.2, -0.15) is 0 Å². The second kappa shape index (κ2) is 9.53. The zero-order valence-corrected chi connectivity index (χ0v) is 15.7. The molecular formula is C18H18N4O5S. The Kier molecular flexibility index (Phi) is 7.13. The van der Waals surface area contributed by atoms with Crippen LogP contribution in [0.1, 0.15) is 22.8 Å². The van der Waals surface area contributed by atoms with Gasteiger partial charge in [0.1, 0.15) is 6.04 Å². The largest absolute Gasteiger partial charge is 0.333 e. The normalized spacial score (nSPS) is 11.2. The molecule has 28 heavy (non-hydrogen) atoms. The average Bonchev–Trinajstić information content (AvgIpc) is 2.71. The van der Waals surface area contributed by atoms with Crippen molar-refractivity contribution in [2.45, 2.75) is 19.5 Å². The van der Waals surface area contributed by atoms with Gasteiger partial charge < -0.3 is 4.90 Å². The number of rotatable bonds is 6. The standard InChI is InChI=1S/C18H18N4O5S/c1-12(16(23)20-25)21(11-14-9-5-6-10-15(14)22(26)27)18(28)19-17(24)13-7-3-2-4-8-13/h2-10,12,25H,11H2,1H3,(H,20,23)(H,19,24,28)/t12-/m0/s1. The van der Waals surface area contributed by atoms with E-state index in [1.165, 1.54) is 35.5 Å². The van der Waals surface area contributed by atoms with E-state index in [-0.39, 0.29) is 17.3 Å². The second-order valence-corrected chi connectivity index (χ2v) is 6.18. The van der Waals surface area contributed by atoms with Crippen molar-refractivity contribution in [2.75, 3.05) is 0 Å². The predicted molar refractivity (Wildman–Crippen MR) is 105 cm³/mol. The van der Waals surface area contributed by atoms with Crippen molar-refractivity contribution in [2.24, 2.45) is 0 Å². The third kappa shape index (κ3) is 5.09. The second-order valence-electron chi connectivity index (χ2n) is 5.79. The number of nitrogens with zero attached hydrogens (tertiary/aromatic N) is 2. The third-order valence-electron chi connectivity index (χ3n) is 4.00. The number of hydrogen-bond acceptors (Lipinski definition) is 6. The number of benzene rings is 2. The molecule has 0 bridgehead atoms. The van der Waals surface area contributed by atoms with Crippen molar-refractivity contribution >= 4 is 34.8 Å². The van der Waals surface area contributed by atoms with E-state index in [2.05, 4.69) is 5.32 Å². The first-order valence-corrected chi connectivity index (χ1v) is 8.59. The van der Waals surface area contributed by atoms with Gasteiger partial charge in [0.15, 0.2) is 5.11 Å². The zero-order valence-electron chi connectivity index (χ0n) is 14.9. The van der Waals surface area contributed by atoms with Gasteiger partial charge in [-0.05, 0) is 31.3 Å². The summed E-state index contributed by atoms with van der Waals surface area (Å²) < 4.78 is 0. The van der Waals surface area contributed by atoms with Crippen LogP contribution in [0, 0.1) is 10.1 Å². The Morgan fingerprint density at radius 2 is 1.79 bits per heavy atom. The molecule has 1 atom stereocenters. The summed E-state index contributed by atoms with van der Waals surface area (Å²) in [5.74, 6) is -1.27. The van der Waals surface area contributed by atoms with Crippen LogP contribution in [-0.4, -0.2) is 38.0 Å². The topological polar surface area (TPSA) is 125 Å². The number of carbonyl (C=O) groups excluding carboxylic acids is 2. The Hall–Kier alpha value is -3.37. The number of nitrogens with one attached hydrogen (secondary N) is 2. The van der Waals surface area contributed by atoms with Crippen LogP contribution in [0.15, 0.2) is 54.6 Å². The average molecular weight is 402 g/mol. The third-order valence-corrected chi connectivity index (χ3v) is 4.34. The Morgan fingerprint density at radius 1 is 1.18 bits per heavy atom. The van der Waals surface area contributed by atoms with Crippen molar-refractivity contribution in [3.05, 3.63) is 75.8 Å². The summed E-state index contributed by atoms with van der Waals surface area (Å²) in [5, 5.41) is 22.6. The fourth-order valence-electron chi connectivity index (χ4n) is 2.46. The molecule has 146 valence electrons. The van der Waals surface area contributed by atoms with Crippen molar-refractivity contribution in [1.82, 2.24) is 15.7 Å². The maximum absolute atomic E-state index is 12.4. The summed E-state index contributed by atoms with van der Waals surface area (Å²) in [6.07, 6.45) is 0. The number of para-hydroxylation sites is 1. The highest BCUT2D eigenvalue weighted by Crippen LogP contribution is 2.21. The molecule has 0 saturated carbocycles. The van der Waals surface area contributed by atoms with E-state index in [1.807, 2.05) is 0 Å². The molecule has 2 amide bonds. The van der Waals surface area contributed by atoms with Crippen molar-refractivity contribution < 1.29 is 19.7 Å². The molecule has 0 aromatic heterocycles. The van der Waals surface area contributed by atoms with Gasteiger partial charge in [0.05, 0.1) is 11.5 Å². The van der Waals surface area contributed by atoms with Gasteiger partial charge in [-0.1, -0.05) is 36.4 Å². The van der Waals surface area contributed by atoms with E-state index in [4.69, 9.17) is 17.4 Å². The van der Waals surface area contributed by atoms with Gasteiger partial charge in [-0.25, -0.2) is 5.48 Å². The van der Waals surface area contributed by atoms with Crippen molar-refractivity contribution in [3.63, 3.8) is 0 Å². The maximum atomic E-state index is 12.4. The number of nitro benzene ring substituents is 1. The quantitative estimate of drug-likeness (QED) is 0.292. The molecule has 0 unspecified atom stereocenters. The van der Waals surface area contributed by atoms with Gasteiger partial charge in [0.25, 0.3) is 17.5 Å². The molecule has 0 fully saturated rings. The van der Waals surface area contributed by atoms with Crippen LogP contribution in [0.5, 0.6) is 0 Å². The van der Waals surface area contributed by atoms with Crippen LogP contribution < -0.4 is 10.8 Å². The molecule has 9 nitrogen and oxygen atoms in total. The predicted octanol–water partition coefficient (Wildman–Crippen LogP) is 2.01. The van der Waals surface area contributed by atoms with E-state index in [0.717, 1.165) is 0 Å². The molecule has 2 aromatic carbocycles. The highest BCUT2D eigenvalue weighted by Gasteiger charge is 2.27. The molecular weight excluding hydrogens is 384 g/mol. The zero-order chi connectivity index (χ0) is 20.7. The first kappa shape index (κ1) is 20.9. The molecule has 0 aliphatic heterocycles. The minimum atomic E-state index is -1.01. The van der Waals surface area contributed by atoms with Gasteiger partial charge in [-0.3, -0.25) is 30.2 Å². The van der Waals surface area contributed by atoms with Crippen LogP contribution in [0.3, 0.4) is 0 Å². The van der Waals surface area contributed by atoms with E-state index in [0.29, 0.717) is 11.1 Å². The van der Waals surface area contributed by atoms with E-state index >= 15 is 0 Å². The number of thiocarbonyl (C=S) groups is 1. The highest BCUT2D eigenvalue weighted by atomic mass is 32.1. The van der Waals surface area contributed by atoms with E-state index in [9.17, 15) is 19.7 Å². The molecule has 0 heterocycles. The Labute approximate surface area is 166 Å². The highest BCUT2D eigenvalue weighted by molar-refractivity contribution is 7.80. The van der Waals surface area contributed by atoms with Gasteiger partial charge in [-0.15, -0.1) is 0 Å². The van der Waals surface area contributed by atoms with Crippen LogP contribution in [-0.2, 0) is 11.3 Å². The summed E-state index contributed by atoms with van der Waals surface area (Å²) in [7, 11) is 0. The summed E-state index contributed by atoms with van der Waals surface area (Å²) in [6, 6.07) is 13.3. The molecule has 10 heteroatoms. The summed E-state index contributed by atoms with van der Waals surface area (Å²) in [5.41, 5.74) is 2.02. The van der Waals surface area contributed by atoms with E-state index in [1.54, 1.807) is 36.4 Å². The molecule has 3 N–H and O–H groups in total. The van der Waals surface area contributed by atoms with Crippen molar-refractivity contribution in [3.8, 4) is 0 Å². The maximum Gasteiger partial charge on any atom is 0.274 e. The summed E-state index contributed by atoms with van der Waals surface area (Å²) in [4.78, 5) is 36.3. The van der Waals surface area contributed by atoms with Crippen LogP contribution in [0.25, 0.3) is 0 Å². The molecule has 0 saturated heterocycles. The van der Waals surface area contributed by atoms with Crippen LogP contribution in [0.2, 0.25) is 0 Å². The van der Waals surface area contributed by atoms with Crippen LogP contribution in [0.4, 0.5) is 5.69 Å². The number of nitro groups is 1. The Balaban J connectivity index is 2.29. The lowest BCUT2D eigenvalue weighted by Crippen LogP contribution is -2.51. The van der Waals surface area contributed by atoms with Gasteiger partial charge in [0.2, 0.25) is 0 Å². The van der Waals surface area contributed by atoms with E-state index < -0.39 is 22.8 Å². The molecule has 0 radical (unpaired) electrons. The fourth-order valence-corrected chi connectivity index (χ4v) is 2.77. The summed E-state index contributed by atoms with van der Waals surface area (Å²) >= 11 is 5.27. The lowest BCUT2D eigenvalue weighted by atomic mass is 10.1.